The zero-order valence-electron chi connectivity index (χ0n) is 10.6. The number of hydrogen-bond donors (Lipinski definition) is 2. The van der Waals surface area contributed by atoms with E-state index < -0.39 is 0 Å². The highest BCUT2D eigenvalue weighted by Crippen LogP contribution is 2.18. The number of halogens is 1. The zero-order chi connectivity index (χ0) is 11.5. The highest BCUT2D eigenvalue weighted by Gasteiger charge is 2.32. The number of carbonyl (C=O) groups is 1. The average molecular weight is 263 g/mol. The van der Waals surface area contributed by atoms with Gasteiger partial charge in [-0.25, -0.2) is 0 Å². The van der Waals surface area contributed by atoms with Crippen LogP contribution in [0, 0.1) is 5.92 Å². The molecule has 2 aliphatic heterocycles. The topological polar surface area (TPSA) is 50.4 Å². The first-order valence-corrected chi connectivity index (χ1v) is 6.34. The monoisotopic (exact) mass is 262 g/mol. The summed E-state index contributed by atoms with van der Waals surface area (Å²) in [4.78, 5) is 11.9. The van der Waals surface area contributed by atoms with E-state index in [9.17, 15) is 4.79 Å². The molecule has 0 spiro atoms. The van der Waals surface area contributed by atoms with Crippen LogP contribution < -0.4 is 10.6 Å². The van der Waals surface area contributed by atoms with Gasteiger partial charge in [-0.2, -0.15) is 0 Å². The molecular weight excluding hydrogens is 240 g/mol. The number of piperidine rings is 1. The van der Waals surface area contributed by atoms with Crippen molar-refractivity contribution >= 4 is 18.3 Å². The Kier molecular flexibility index (Phi) is 5.70. The SMILES string of the molecule is CC1CCNC(C)C1NC(=O)[C@H]1CCCO1.Cl. The number of carbonyl (C=O) groups excluding carboxylic acids is 1. The molecule has 3 unspecified atom stereocenters. The molecule has 0 saturated carbocycles. The third-order valence-corrected chi connectivity index (χ3v) is 3.75. The van der Waals surface area contributed by atoms with Crippen LogP contribution in [0.25, 0.3) is 0 Å². The quantitative estimate of drug-likeness (QED) is 0.783. The molecule has 0 aromatic heterocycles. The summed E-state index contributed by atoms with van der Waals surface area (Å²) in [7, 11) is 0. The molecule has 4 nitrogen and oxygen atoms in total. The van der Waals surface area contributed by atoms with Gasteiger partial charge in [-0.3, -0.25) is 4.79 Å². The van der Waals surface area contributed by atoms with Gasteiger partial charge in [0.15, 0.2) is 0 Å². The van der Waals surface area contributed by atoms with Gasteiger partial charge in [0.1, 0.15) is 6.10 Å². The van der Waals surface area contributed by atoms with Crippen LogP contribution in [-0.4, -0.2) is 37.2 Å². The second-order valence-corrected chi connectivity index (χ2v) is 5.04. The number of amides is 1. The Balaban J connectivity index is 0.00000144. The Bertz CT molecular complexity index is 247. The molecule has 0 aliphatic carbocycles. The van der Waals surface area contributed by atoms with Crippen molar-refractivity contribution in [1.29, 1.82) is 0 Å². The van der Waals surface area contributed by atoms with Gasteiger partial charge in [0.25, 0.3) is 0 Å². The molecule has 2 fully saturated rings. The van der Waals surface area contributed by atoms with E-state index in [1.165, 1.54) is 0 Å². The van der Waals surface area contributed by atoms with E-state index in [0.717, 1.165) is 32.4 Å². The van der Waals surface area contributed by atoms with Crippen LogP contribution in [-0.2, 0) is 9.53 Å². The second-order valence-electron chi connectivity index (χ2n) is 5.04. The van der Waals surface area contributed by atoms with Gasteiger partial charge < -0.3 is 15.4 Å². The van der Waals surface area contributed by atoms with Gasteiger partial charge in [0.05, 0.1) is 0 Å². The van der Waals surface area contributed by atoms with Crippen molar-refractivity contribution in [3.05, 3.63) is 0 Å². The summed E-state index contributed by atoms with van der Waals surface area (Å²) >= 11 is 0. The van der Waals surface area contributed by atoms with Crippen LogP contribution >= 0.6 is 12.4 Å². The lowest BCUT2D eigenvalue weighted by molar-refractivity contribution is -0.131. The summed E-state index contributed by atoms with van der Waals surface area (Å²) in [5.41, 5.74) is 0. The minimum absolute atomic E-state index is 0. The highest BCUT2D eigenvalue weighted by molar-refractivity contribution is 5.85. The van der Waals surface area contributed by atoms with E-state index in [1.54, 1.807) is 0 Å². The molecule has 5 heteroatoms. The fourth-order valence-corrected chi connectivity index (χ4v) is 2.65. The number of ether oxygens (including phenoxy) is 1. The first-order chi connectivity index (χ1) is 7.68. The van der Waals surface area contributed by atoms with Crippen molar-refractivity contribution in [2.45, 2.75) is 51.3 Å². The predicted molar refractivity (Wildman–Crippen MR) is 69.4 cm³/mol. The predicted octanol–water partition coefficient (Wildman–Crippen LogP) is 1.09. The number of rotatable bonds is 2. The van der Waals surface area contributed by atoms with Crippen LogP contribution in [0.15, 0.2) is 0 Å². The Morgan fingerprint density at radius 1 is 1.35 bits per heavy atom. The maximum atomic E-state index is 11.9. The molecule has 100 valence electrons. The van der Waals surface area contributed by atoms with Gasteiger partial charge in [0.2, 0.25) is 5.91 Å². The minimum atomic E-state index is -0.207. The molecule has 17 heavy (non-hydrogen) atoms. The van der Waals surface area contributed by atoms with Gasteiger partial charge in [-0.15, -0.1) is 12.4 Å². The van der Waals surface area contributed by atoms with E-state index in [2.05, 4.69) is 24.5 Å². The molecule has 1 amide bonds. The van der Waals surface area contributed by atoms with Crippen LogP contribution in [0.3, 0.4) is 0 Å². The third-order valence-electron chi connectivity index (χ3n) is 3.75. The summed E-state index contributed by atoms with van der Waals surface area (Å²) in [6.07, 6.45) is 2.79. The van der Waals surface area contributed by atoms with Crippen molar-refractivity contribution in [3.8, 4) is 0 Å². The second kappa shape index (κ2) is 6.57. The van der Waals surface area contributed by atoms with E-state index in [1.807, 2.05) is 0 Å². The summed E-state index contributed by atoms with van der Waals surface area (Å²) < 4.78 is 5.39. The van der Waals surface area contributed by atoms with Crippen LogP contribution in [0.1, 0.15) is 33.1 Å². The fourth-order valence-electron chi connectivity index (χ4n) is 2.65. The molecule has 2 saturated heterocycles. The molecule has 0 aromatic rings. The Labute approximate surface area is 109 Å². The van der Waals surface area contributed by atoms with Gasteiger partial charge in [0, 0.05) is 18.7 Å². The summed E-state index contributed by atoms with van der Waals surface area (Å²) in [6.45, 7) is 6.12. The molecule has 2 aliphatic rings. The Morgan fingerprint density at radius 2 is 2.12 bits per heavy atom. The molecule has 2 N–H and O–H groups in total. The third kappa shape index (κ3) is 3.57. The first-order valence-electron chi connectivity index (χ1n) is 6.34. The van der Waals surface area contributed by atoms with Crippen molar-refractivity contribution < 1.29 is 9.53 Å². The van der Waals surface area contributed by atoms with Crippen molar-refractivity contribution in [2.24, 2.45) is 5.92 Å². The van der Waals surface area contributed by atoms with Crippen molar-refractivity contribution in [2.75, 3.05) is 13.2 Å². The smallest absolute Gasteiger partial charge is 0.249 e. The Hall–Kier alpha value is -0.320. The standard InChI is InChI=1S/C12H22N2O2.ClH/c1-8-5-6-13-9(2)11(8)14-12(15)10-4-3-7-16-10;/h8-11,13H,3-7H2,1-2H3,(H,14,15);1H/t8?,9?,10-,11?;/m1./s1. The summed E-state index contributed by atoms with van der Waals surface area (Å²) in [5.74, 6) is 0.617. The molecule has 4 atom stereocenters. The molecule has 0 bridgehead atoms. The van der Waals surface area contributed by atoms with E-state index in [-0.39, 0.29) is 30.5 Å². The number of nitrogens with one attached hydrogen (secondary N) is 2. The van der Waals surface area contributed by atoms with Crippen LogP contribution in [0.4, 0.5) is 0 Å². The average Bonchev–Trinajstić information content (AvgIpc) is 2.76. The molecule has 0 aromatic carbocycles. The lowest BCUT2D eigenvalue weighted by Gasteiger charge is -2.36. The normalized spacial score (nSPS) is 37.3. The van der Waals surface area contributed by atoms with Crippen molar-refractivity contribution in [3.63, 3.8) is 0 Å². The fraction of sp³-hybridized carbons (Fsp3) is 0.917. The van der Waals surface area contributed by atoms with E-state index in [4.69, 9.17) is 4.74 Å². The highest BCUT2D eigenvalue weighted by atomic mass is 35.5. The molecular formula is C12H23ClN2O2. The molecule has 0 radical (unpaired) electrons. The molecule has 2 heterocycles. The van der Waals surface area contributed by atoms with Crippen molar-refractivity contribution in [1.82, 2.24) is 10.6 Å². The van der Waals surface area contributed by atoms with Gasteiger partial charge in [-0.1, -0.05) is 6.92 Å². The lowest BCUT2D eigenvalue weighted by atomic mass is 9.89. The van der Waals surface area contributed by atoms with Crippen LogP contribution in [0.5, 0.6) is 0 Å². The Morgan fingerprint density at radius 3 is 2.71 bits per heavy atom. The zero-order valence-corrected chi connectivity index (χ0v) is 11.4. The first kappa shape index (κ1) is 14.7. The largest absolute Gasteiger partial charge is 0.368 e. The summed E-state index contributed by atoms with van der Waals surface area (Å²) in [5, 5.41) is 6.54. The minimum Gasteiger partial charge on any atom is -0.368 e. The van der Waals surface area contributed by atoms with Gasteiger partial charge in [-0.05, 0) is 38.6 Å². The number of hydrogen-bond acceptors (Lipinski definition) is 3. The maximum absolute atomic E-state index is 11.9. The van der Waals surface area contributed by atoms with Gasteiger partial charge >= 0.3 is 0 Å². The van der Waals surface area contributed by atoms with E-state index in [0.29, 0.717) is 12.0 Å². The maximum Gasteiger partial charge on any atom is 0.249 e. The van der Waals surface area contributed by atoms with E-state index >= 15 is 0 Å². The van der Waals surface area contributed by atoms with Crippen LogP contribution in [0.2, 0.25) is 0 Å². The lowest BCUT2D eigenvalue weighted by Crippen LogP contribution is -2.57. The molecule has 2 rings (SSSR count). The summed E-state index contributed by atoms with van der Waals surface area (Å²) in [6, 6.07) is 0.597.